The molecule has 1 fully saturated rings. The zero-order valence-corrected chi connectivity index (χ0v) is 9.92. The SMILES string of the molecule is C[C@H]1C[C@H](F)CN(C(=O)OC(C)(C)C)C1. The van der Waals surface area contributed by atoms with Crippen LogP contribution in [0, 0.1) is 5.92 Å². The van der Waals surface area contributed by atoms with Crippen LogP contribution in [0.25, 0.3) is 0 Å². The second-order valence-corrected chi connectivity index (χ2v) is 5.32. The lowest BCUT2D eigenvalue weighted by Crippen LogP contribution is -2.46. The minimum absolute atomic E-state index is 0.166. The molecule has 88 valence electrons. The maximum Gasteiger partial charge on any atom is 0.410 e. The van der Waals surface area contributed by atoms with E-state index in [2.05, 4.69) is 0 Å². The number of halogens is 1. The van der Waals surface area contributed by atoms with E-state index in [9.17, 15) is 9.18 Å². The van der Waals surface area contributed by atoms with Gasteiger partial charge in [-0.05, 0) is 33.1 Å². The Morgan fingerprint density at radius 2 is 2.00 bits per heavy atom. The predicted molar refractivity (Wildman–Crippen MR) is 56.5 cm³/mol. The lowest BCUT2D eigenvalue weighted by atomic mass is 9.99. The lowest BCUT2D eigenvalue weighted by molar-refractivity contribution is 0.00736. The number of alkyl halides is 1. The van der Waals surface area contributed by atoms with Crippen LogP contribution in [0.3, 0.4) is 0 Å². The molecule has 0 aromatic heterocycles. The monoisotopic (exact) mass is 217 g/mol. The number of hydrogen-bond donors (Lipinski definition) is 0. The molecule has 1 heterocycles. The largest absolute Gasteiger partial charge is 0.444 e. The third-order valence-electron chi connectivity index (χ3n) is 2.26. The van der Waals surface area contributed by atoms with Gasteiger partial charge in [0.2, 0.25) is 0 Å². The fourth-order valence-electron chi connectivity index (χ4n) is 1.75. The van der Waals surface area contributed by atoms with Gasteiger partial charge in [0.05, 0.1) is 6.54 Å². The fourth-order valence-corrected chi connectivity index (χ4v) is 1.75. The summed E-state index contributed by atoms with van der Waals surface area (Å²) in [5, 5.41) is 0. The van der Waals surface area contributed by atoms with Crippen molar-refractivity contribution >= 4 is 6.09 Å². The first-order valence-electron chi connectivity index (χ1n) is 5.40. The van der Waals surface area contributed by atoms with Crippen molar-refractivity contribution in [3.05, 3.63) is 0 Å². The average molecular weight is 217 g/mol. The van der Waals surface area contributed by atoms with E-state index < -0.39 is 17.9 Å². The van der Waals surface area contributed by atoms with Crippen molar-refractivity contribution in [1.82, 2.24) is 4.90 Å². The zero-order chi connectivity index (χ0) is 11.6. The third kappa shape index (κ3) is 4.06. The molecule has 0 spiro atoms. The molecule has 1 amide bonds. The molecule has 0 aliphatic carbocycles. The maximum atomic E-state index is 13.2. The van der Waals surface area contributed by atoms with Gasteiger partial charge in [-0.2, -0.15) is 0 Å². The van der Waals surface area contributed by atoms with Crippen molar-refractivity contribution in [1.29, 1.82) is 0 Å². The van der Waals surface area contributed by atoms with E-state index in [1.54, 1.807) is 0 Å². The Bertz CT molecular complexity index is 227. The molecule has 4 heteroatoms. The van der Waals surface area contributed by atoms with Crippen LogP contribution in [-0.4, -0.2) is 35.9 Å². The number of carbonyl (C=O) groups is 1. The van der Waals surface area contributed by atoms with Crippen molar-refractivity contribution in [2.75, 3.05) is 13.1 Å². The van der Waals surface area contributed by atoms with Crippen LogP contribution in [0.15, 0.2) is 0 Å². The first-order valence-corrected chi connectivity index (χ1v) is 5.40. The third-order valence-corrected chi connectivity index (χ3v) is 2.26. The second kappa shape index (κ2) is 4.37. The van der Waals surface area contributed by atoms with Crippen LogP contribution in [0.2, 0.25) is 0 Å². The van der Waals surface area contributed by atoms with Gasteiger partial charge < -0.3 is 9.64 Å². The summed E-state index contributed by atoms with van der Waals surface area (Å²) in [5.41, 5.74) is -0.510. The number of ether oxygens (including phenoxy) is 1. The number of amides is 1. The summed E-state index contributed by atoms with van der Waals surface area (Å²) >= 11 is 0. The molecule has 1 saturated heterocycles. The zero-order valence-electron chi connectivity index (χ0n) is 9.92. The normalized spacial score (nSPS) is 27.7. The molecule has 0 N–H and O–H groups in total. The molecule has 0 bridgehead atoms. The first-order chi connectivity index (χ1) is 6.78. The number of hydrogen-bond acceptors (Lipinski definition) is 2. The molecular formula is C11H20FNO2. The van der Waals surface area contributed by atoms with E-state index >= 15 is 0 Å². The van der Waals surface area contributed by atoms with Gasteiger partial charge in [-0.25, -0.2) is 9.18 Å². The van der Waals surface area contributed by atoms with Crippen molar-refractivity contribution in [2.45, 2.75) is 45.9 Å². The highest BCUT2D eigenvalue weighted by molar-refractivity contribution is 5.68. The standard InChI is InChI=1S/C11H20FNO2/c1-8-5-9(12)7-13(6-8)10(14)15-11(2,3)4/h8-9H,5-7H2,1-4H3/t8-,9-/m0/s1. The molecule has 0 saturated carbocycles. The fraction of sp³-hybridized carbons (Fsp3) is 0.909. The van der Waals surface area contributed by atoms with Gasteiger partial charge in [-0.1, -0.05) is 6.92 Å². The van der Waals surface area contributed by atoms with Crippen molar-refractivity contribution in [3.8, 4) is 0 Å². The number of piperidine rings is 1. The molecular weight excluding hydrogens is 197 g/mol. The molecule has 0 unspecified atom stereocenters. The number of nitrogens with zero attached hydrogens (tertiary/aromatic N) is 1. The van der Waals surface area contributed by atoms with Crippen LogP contribution in [0.1, 0.15) is 34.1 Å². The Balaban J connectivity index is 2.52. The highest BCUT2D eigenvalue weighted by Crippen LogP contribution is 2.20. The lowest BCUT2D eigenvalue weighted by Gasteiger charge is -2.34. The summed E-state index contributed by atoms with van der Waals surface area (Å²) in [4.78, 5) is 13.1. The van der Waals surface area contributed by atoms with E-state index in [0.717, 1.165) is 0 Å². The summed E-state index contributed by atoms with van der Waals surface area (Å²) in [7, 11) is 0. The quantitative estimate of drug-likeness (QED) is 0.624. The van der Waals surface area contributed by atoms with Crippen molar-refractivity contribution in [3.63, 3.8) is 0 Å². The molecule has 1 aliphatic rings. The summed E-state index contributed by atoms with van der Waals surface area (Å²) in [6.07, 6.45) is -0.780. The van der Waals surface area contributed by atoms with E-state index in [0.29, 0.717) is 13.0 Å². The predicted octanol–water partition coefficient (Wildman–Crippen LogP) is 2.60. The van der Waals surface area contributed by atoms with Crippen molar-refractivity contribution < 1.29 is 13.9 Å². The summed E-state index contributed by atoms with van der Waals surface area (Å²) in [6.45, 7) is 8.14. The molecule has 1 rings (SSSR count). The Kier molecular flexibility index (Phi) is 3.58. The van der Waals surface area contributed by atoms with Crippen LogP contribution >= 0.6 is 0 Å². The Morgan fingerprint density at radius 1 is 1.40 bits per heavy atom. The molecule has 2 atom stereocenters. The average Bonchev–Trinajstić information content (AvgIpc) is 1.98. The Morgan fingerprint density at radius 3 is 2.47 bits per heavy atom. The molecule has 1 aliphatic heterocycles. The van der Waals surface area contributed by atoms with Gasteiger partial charge in [0.1, 0.15) is 11.8 Å². The minimum Gasteiger partial charge on any atom is -0.444 e. The Labute approximate surface area is 90.6 Å². The van der Waals surface area contributed by atoms with E-state index in [-0.39, 0.29) is 12.5 Å². The number of rotatable bonds is 0. The summed E-state index contributed by atoms with van der Waals surface area (Å²) < 4.78 is 18.4. The van der Waals surface area contributed by atoms with Gasteiger partial charge >= 0.3 is 6.09 Å². The molecule has 0 radical (unpaired) electrons. The first kappa shape index (κ1) is 12.3. The van der Waals surface area contributed by atoms with E-state index in [1.807, 2.05) is 27.7 Å². The summed E-state index contributed by atoms with van der Waals surface area (Å²) in [5.74, 6) is 0.210. The van der Waals surface area contributed by atoms with Crippen LogP contribution in [-0.2, 0) is 4.74 Å². The van der Waals surface area contributed by atoms with Crippen LogP contribution in [0.4, 0.5) is 9.18 Å². The van der Waals surface area contributed by atoms with Gasteiger partial charge in [-0.3, -0.25) is 0 Å². The minimum atomic E-state index is -0.915. The van der Waals surface area contributed by atoms with Gasteiger partial charge in [0.15, 0.2) is 0 Å². The number of carbonyl (C=O) groups excluding carboxylic acids is 1. The van der Waals surface area contributed by atoms with Crippen LogP contribution in [0.5, 0.6) is 0 Å². The summed E-state index contributed by atoms with van der Waals surface area (Å²) in [6, 6.07) is 0. The molecule has 0 aromatic rings. The molecule has 3 nitrogen and oxygen atoms in total. The maximum absolute atomic E-state index is 13.2. The van der Waals surface area contributed by atoms with Gasteiger partial charge in [0.25, 0.3) is 0 Å². The molecule has 15 heavy (non-hydrogen) atoms. The topological polar surface area (TPSA) is 29.5 Å². The van der Waals surface area contributed by atoms with Gasteiger partial charge in [-0.15, -0.1) is 0 Å². The number of likely N-dealkylation sites (tertiary alicyclic amines) is 1. The molecule has 0 aromatic carbocycles. The van der Waals surface area contributed by atoms with Crippen molar-refractivity contribution in [2.24, 2.45) is 5.92 Å². The highest BCUT2D eigenvalue weighted by Gasteiger charge is 2.30. The Hall–Kier alpha value is -0.800. The van der Waals surface area contributed by atoms with E-state index in [1.165, 1.54) is 4.90 Å². The second-order valence-electron chi connectivity index (χ2n) is 5.32. The van der Waals surface area contributed by atoms with Gasteiger partial charge in [0, 0.05) is 6.54 Å². The van der Waals surface area contributed by atoms with Crippen LogP contribution < -0.4 is 0 Å². The van der Waals surface area contributed by atoms with E-state index in [4.69, 9.17) is 4.74 Å². The highest BCUT2D eigenvalue weighted by atomic mass is 19.1. The smallest absolute Gasteiger partial charge is 0.410 e.